The summed E-state index contributed by atoms with van der Waals surface area (Å²) in [4.78, 5) is 19.3. The largest absolute Gasteiger partial charge is 0.378 e. The molecule has 2 N–H and O–H groups in total. The van der Waals surface area contributed by atoms with Gasteiger partial charge >= 0.3 is 0 Å². The summed E-state index contributed by atoms with van der Waals surface area (Å²) in [5.74, 6) is -0.233. The Bertz CT molecular complexity index is 1260. The minimum atomic E-state index is -4.03. The maximum absolute atomic E-state index is 13.4. The molecule has 10 heteroatoms. The normalized spacial score (nSPS) is 14.1. The minimum Gasteiger partial charge on any atom is -0.378 e. The van der Waals surface area contributed by atoms with Crippen molar-refractivity contribution in [2.24, 2.45) is 0 Å². The Kier molecular flexibility index (Phi) is 6.57. The molecule has 0 unspecified atom stereocenters. The number of nitrogens with zero attached hydrogens (tertiary/aromatic N) is 2. The zero-order chi connectivity index (χ0) is 23.4. The Morgan fingerprint density at radius 3 is 2.55 bits per heavy atom. The fourth-order valence-corrected chi connectivity index (χ4v) is 4.83. The van der Waals surface area contributed by atoms with E-state index < -0.39 is 21.7 Å². The summed E-state index contributed by atoms with van der Waals surface area (Å²) in [6, 6.07) is 13.2. The van der Waals surface area contributed by atoms with Crippen LogP contribution in [0.1, 0.15) is 15.9 Å². The van der Waals surface area contributed by atoms with Gasteiger partial charge in [0, 0.05) is 13.1 Å². The van der Waals surface area contributed by atoms with E-state index in [4.69, 9.17) is 4.74 Å². The van der Waals surface area contributed by atoms with E-state index in [9.17, 15) is 17.6 Å². The monoisotopic (exact) mass is 470 g/mol. The number of hydrogen-bond donors (Lipinski definition) is 2. The zero-order valence-electron chi connectivity index (χ0n) is 17.9. The van der Waals surface area contributed by atoms with Gasteiger partial charge in [0.15, 0.2) is 0 Å². The number of aromatic nitrogens is 1. The van der Waals surface area contributed by atoms with Crippen LogP contribution in [0, 0.1) is 12.7 Å². The average molecular weight is 471 g/mol. The van der Waals surface area contributed by atoms with Crippen LogP contribution < -0.4 is 14.9 Å². The average Bonchev–Trinajstić information content (AvgIpc) is 2.80. The van der Waals surface area contributed by atoms with Crippen LogP contribution in [0.4, 0.5) is 21.6 Å². The first kappa shape index (κ1) is 22.7. The van der Waals surface area contributed by atoms with Crippen LogP contribution in [-0.2, 0) is 14.8 Å². The maximum Gasteiger partial charge on any atom is 0.262 e. The summed E-state index contributed by atoms with van der Waals surface area (Å²) in [6.07, 6.45) is 1.55. The van der Waals surface area contributed by atoms with Gasteiger partial charge in [0.2, 0.25) is 0 Å². The van der Waals surface area contributed by atoms with E-state index in [2.05, 4.69) is 19.9 Å². The van der Waals surface area contributed by atoms with Crippen molar-refractivity contribution in [3.8, 4) is 0 Å². The maximum atomic E-state index is 13.4. The number of carbonyl (C=O) groups is 1. The number of halogens is 1. The molecule has 1 aromatic heterocycles. The number of aryl methyl sites for hydroxylation is 1. The van der Waals surface area contributed by atoms with Gasteiger partial charge in [-0.1, -0.05) is 12.1 Å². The van der Waals surface area contributed by atoms with E-state index in [1.165, 1.54) is 25.1 Å². The number of morpholine rings is 1. The van der Waals surface area contributed by atoms with E-state index in [0.29, 0.717) is 18.9 Å². The molecule has 1 aliphatic rings. The van der Waals surface area contributed by atoms with Gasteiger partial charge in [-0.05, 0) is 55.0 Å². The second-order valence-corrected chi connectivity index (χ2v) is 9.17. The third-order valence-electron chi connectivity index (χ3n) is 5.18. The van der Waals surface area contributed by atoms with Gasteiger partial charge in [0.1, 0.15) is 11.6 Å². The van der Waals surface area contributed by atoms with Gasteiger partial charge in [0.25, 0.3) is 15.9 Å². The van der Waals surface area contributed by atoms with E-state index >= 15 is 0 Å². The van der Waals surface area contributed by atoms with Gasteiger partial charge < -0.3 is 15.0 Å². The van der Waals surface area contributed by atoms with Crippen molar-refractivity contribution in [1.82, 2.24) is 4.98 Å². The molecule has 8 nitrogen and oxygen atoms in total. The molecule has 0 radical (unpaired) electrons. The molecule has 2 heterocycles. The number of para-hydroxylation sites is 1. The fourth-order valence-electron chi connectivity index (χ4n) is 3.52. The number of hydrogen-bond acceptors (Lipinski definition) is 6. The number of amides is 1. The SMILES string of the molecule is Cc1cc(F)ccc1S(=O)(=O)Nc1ccccc1C(=O)Nc1ccc(N2CCOCC2)nc1. The van der Waals surface area contributed by atoms with Gasteiger partial charge in [0.05, 0.1) is 41.2 Å². The molecule has 0 bridgehead atoms. The lowest BCUT2D eigenvalue weighted by atomic mass is 10.1. The van der Waals surface area contributed by atoms with Crippen LogP contribution in [-0.4, -0.2) is 45.6 Å². The predicted octanol–water partition coefficient (Wildman–Crippen LogP) is 3.42. The van der Waals surface area contributed by atoms with Crippen molar-refractivity contribution in [1.29, 1.82) is 0 Å². The van der Waals surface area contributed by atoms with Crippen molar-refractivity contribution in [3.63, 3.8) is 0 Å². The van der Waals surface area contributed by atoms with Gasteiger partial charge in [-0.3, -0.25) is 9.52 Å². The molecule has 0 spiro atoms. The number of ether oxygens (including phenoxy) is 1. The molecule has 1 saturated heterocycles. The summed E-state index contributed by atoms with van der Waals surface area (Å²) >= 11 is 0. The highest BCUT2D eigenvalue weighted by molar-refractivity contribution is 7.92. The molecule has 4 rings (SSSR count). The Hall–Kier alpha value is -3.50. The van der Waals surface area contributed by atoms with Crippen LogP contribution >= 0.6 is 0 Å². The van der Waals surface area contributed by atoms with E-state index in [-0.39, 0.29) is 21.7 Å². The van der Waals surface area contributed by atoms with E-state index in [1.807, 2.05) is 6.07 Å². The Morgan fingerprint density at radius 2 is 1.85 bits per heavy atom. The summed E-state index contributed by atoms with van der Waals surface area (Å²) in [7, 11) is -4.03. The number of sulfonamides is 1. The third-order valence-corrected chi connectivity index (χ3v) is 6.71. The minimum absolute atomic E-state index is 0.0676. The molecular weight excluding hydrogens is 447 g/mol. The molecule has 0 saturated carbocycles. The molecule has 1 aliphatic heterocycles. The number of anilines is 3. The van der Waals surface area contributed by atoms with E-state index in [1.54, 1.807) is 24.4 Å². The lowest BCUT2D eigenvalue weighted by Crippen LogP contribution is -2.36. The first-order valence-corrected chi connectivity index (χ1v) is 11.8. The van der Waals surface area contributed by atoms with Gasteiger partial charge in [-0.15, -0.1) is 0 Å². The smallest absolute Gasteiger partial charge is 0.262 e. The Balaban J connectivity index is 1.51. The highest BCUT2D eigenvalue weighted by Crippen LogP contribution is 2.24. The first-order valence-electron chi connectivity index (χ1n) is 10.3. The highest BCUT2D eigenvalue weighted by Gasteiger charge is 2.21. The topological polar surface area (TPSA) is 101 Å². The standard InChI is InChI=1S/C23H23FN4O4S/c1-16-14-17(24)6-8-21(16)33(30,31)27-20-5-3-2-4-19(20)23(29)26-18-7-9-22(25-15-18)28-10-12-32-13-11-28/h2-9,14-15,27H,10-13H2,1H3,(H,26,29). The Morgan fingerprint density at radius 1 is 1.09 bits per heavy atom. The van der Waals surface area contributed by atoms with Crippen molar-refractivity contribution >= 4 is 33.1 Å². The summed E-state index contributed by atoms with van der Waals surface area (Å²) in [5, 5.41) is 2.74. The van der Waals surface area contributed by atoms with Gasteiger partial charge in [-0.25, -0.2) is 17.8 Å². The highest BCUT2D eigenvalue weighted by atomic mass is 32.2. The van der Waals surface area contributed by atoms with Crippen molar-refractivity contribution < 1.29 is 22.3 Å². The molecular formula is C23H23FN4O4S. The molecule has 1 fully saturated rings. The molecule has 172 valence electrons. The summed E-state index contributed by atoms with van der Waals surface area (Å²) in [6.45, 7) is 4.29. The quantitative estimate of drug-likeness (QED) is 0.573. The molecule has 3 aromatic rings. The van der Waals surface area contributed by atoms with Gasteiger partial charge in [-0.2, -0.15) is 0 Å². The number of rotatable bonds is 6. The second kappa shape index (κ2) is 9.55. The number of carbonyl (C=O) groups excluding carboxylic acids is 1. The summed E-state index contributed by atoms with van der Waals surface area (Å²) < 4.78 is 46.9. The molecule has 33 heavy (non-hydrogen) atoms. The van der Waals surface area contributed by atoms with Crippen molar-refractivity contribution in [2.45, 2.75) is 11.8 Å². The molecule has 0 atom stereocenters. The number of benzene rings is 2. The Labute approximate surface area is 191 Å². The number of nitrogens with one attached hydrogen (secondary N) is 2. The van der Waals surface area contributed by atoms with Crippen LogP contribution in [0.25, 0.3) is 0 Å². The van der Waals surface area contributed by atoms with Crippen LogP contribution in [0.5, 0.6) is 0 Å². The fraction of sp³-hybridized carbons (Fsp3) is 0.217. The van der Waals surface area contributed by atoms with Crippen LogP contribution in [0.2, 0.25) is 0 Å². The van der Waals surface area contributed by atoms with Crippen LogP contribution in [0.3, 0.4) is 0 Å². The third kappa shape index (κ3) is 5.29. The van der Waals surface area contributed by atoms with Crippen molar-refractivity contribution in [2.75, 3.05) is 41.2 Å². The lowest BCUT2D eigenvalue weighted by molar-refractivity contribution is 0.102. The number of pyridine rings is 1. The molecule has 2 aromatic carbocycles. The molecule has 1 amide bonds. The van der Waals surface area contributed by atoms with Crippen LogP contribution in [0.15, 0.2) is 65.7 Å². The first-order chi connectivity index (χ1) is 15.8. The zero-order valence-corrected chi connectivity index (χ0v) is 18.7. The summed E-state index contributed by atoms with van der Waals surface area (Å²) in [5.41, 5.74) is 0.981. The second-order valence-electron chi connectivity index (χ2n) is 7.52. The predicted molar refractivity (Wildman–Crippen MR) is 124 cm³/mol. The van der Waals surface area contributed by atoms with E-state index in [0.717, 1.165) is 31.0 Å². The lowest BCUT2D eigenvalue weighted by Gasteiger charge is -2.27. The molecule has 0 aliphatic carbocycles. The van der Waals surface area contributed by atoms with Crippen molar-refractivity contribution in [3.05, 3.63) is 77.7 Å².